The molecule has 6 heteroatoms. The van der Waals surface area contributed by atoms with Gasteiger partial charge in [0.15, 0.2) is 6.29 Å². The van der Waals surface area contributed by atoms with E-state index in [0.717, 1.165) is 17.6 Å². The fourth-order valence-corrected chi connectivity index (χ4v) is 3.12. The van der Waals surface area contributed by atoms with Crippen molar-refractivity contribution in [2.75, 3.05) is 13.2 Å². The van der Waals surface area contributed by atoms with Gasteiger partial charge in [0.1, 0.15) is 24.2 Å². The van der Waals surface area contributed by atoms with Gasteiger partial charge in [-0.3, -0.25) is 9.69 Å². The van der Waals surface area contributed by atoms with Gasteiger partial charge in [-0.2, -0.15) is 0 Å². The third-order valence-electron chi connectivity index (χ3n) is 4.26. The molecule has 0 fully saturated rings. The lowest BCUT2D eigenvalue weighted by molar-refractivity contribution is 0.0601. The van der Waals surface area contributed by atoms with Gasteiger partial charge in [0.25, 0.3) is 0 Å². The highest BCUT2D eigenvalue weighted by Gasteiger charge is 2.16. The smallest absolute Gasteiger partial charge is 0.153 e. The Morgan fingerprint density at radius 2 is 1.86 bits per heavy atom. The van der Waals surface area contributed by atoms with E-state index in [1.807, 2.05) is 41.3 Å². The molecule has 0 aliphatic rings. The van der Waals surface area contributed by atoms with E-state index in [9.17, 15) is 9.90 Å². The largest absolute Gasteiger partial charge is 0.490 e. The van der Waals surface area contributed by atoms with E-state index in [4.69, 9.17) is 20.8 Å². The second-order valence-corrected chi connectivity index (χ2v) is 6.87. The topological polar surface area (TPSA) is 62.9 Å². The minimum atomic E-state index is -0.753. The van der Waals surface area contributed by atoms with Crippen LogP contribution in [0.3, 0.4) is 0 Å². The maximum atomic E-state index is 11.1. The maximum absolute atomic E-state index is 11.1. The summed E-state index contributed by atoms with van der Waals surface area (Å²) in [6.45, 7) is 1.51. The Kier molecular flexibility index (Phi) is 7.25. The van der Waals surface area contributed by atoms with Crippen LogP contribution < -0.4 is 4.74 Å². The molecule has 3 aromatic rings. The Bertz CT molecular complexity index is 882. The lowest BCUT2D eigenvalue weighted by Gasteiger charge is -2.25. The van der Waals surface area contributed by atoms with Gasteiger partial charge in [0, 0.05) is 18.1 Å². The zero-order valence-corrected chi connectivity index (χ0v) is 16.1. The highest BCUT2D eigenvalue weighted by atomic mass is 35.5. The third-order valence-corrected chi connectivity index (χ3v) is 4.63. The number of para-hydroxylation sites is 1. The van der Waals surface area contributed by atoms with Crippen LogP contribution in [0.1, 0.15) is 21.7 Å². The molecule has 3 rings (SSSR count). The average Bonchev–Trinajstić information content (AvgIpc) is 3.21. The van der Waals surface area contributed by atoms with Crippen molar-refractivity contribution in [2.45, 2.75) is 19.2 Å². The summed E-state index contributed by atoms with van der Waals surface area (Å²) in [5.74, 6) is 1.26. The first-order chi connectivity index (χ1) is 13.7. The zero-order chi connectivity index (χ0) is 19.8. The molecule has 1 N–H and O–H groups in total. The maximum Gasteiger partial charge on any atom is 0.153 e. The monoisotopic (exact) mass is 399 g/mol. The van der Waals surface area contributed by atoms with Gasteiger partial charge in [0.2, 0.25) is 0 Å². The highest BCUT2D eigenvalue weighted by Crippen LogP contribution is 2.20. The van der Waals surface area contributed by atoms with Gasteiger partial charge in [-0.05, 0) is 35.9 Å². The SMILES string of the molecule is O=Cc1ccccc1OCC(O)CN(Cc1ccco1)Cc1ccccc1Cl. The van der Waals surface area contributed by atoms with E-state index < -0.39 is 6.10 Å². The van der Waals surface area contributed by atoms with Crippen molar-refractivity contribution in [1.82, 2.24) is 4.90 Å². The predicted molar refractivity (Wildman–Crippen MR) is 108 cm³/mol. The van der Waals surface area contributed by atoms with Crippen LogP contribution >= 0.6 is 11.6 Å². The number of aliphatic hydroxyl groups is 1. The molecule has 0 amide bonds. The van der Waals surface area contributed by atoms with Crippen molar-refractivity contribution >= 4 is 17.9 Å². The molecule has 5 nitrogen and oxygen atoms in total. The van der Waals surface area contributed by atoms with Crippen LogP contribution in [0.5, 0.6) is 5.75 Å². The first-order valence-corrected chi connectivity index (χ1v) is 9.36. The minimum Gasteiger partial charge on any atom is -0.490 e. The molecule has 146 valence electrons. The molecule has 1 unspecified atom stereocenters. The molecule has 0 spiro atoms. The summed E-state index contributed by atoms with van der Waals surface area (Å²) in [6, 6.07) is 18.3. The summed E-state index contributed by atoms with van der Waals surface area (Å²) in [5, 5.41) is 11.2. The summed E-state index contributed by atoms with van der Waals surface area (Å²) >= 11 is 6.29. The van der Waals surface area contributed by atoms with Crippen molar-refractivity contribution in [3.05, 3.63) is 88.8 Å². The van der Waals surface area contributed by atoms with Crippen molar-refractivity contribution in [1.29, 1.82) is 0 Å². The Morgan fingerprint density at radius 3 is 2.61 bits per heavy atom. The second kappa shape index (κ2) is 10.1. The zero-order valence-electron chi connectivity index (χ0n) is 15.3. The van der Waals surface area contributed by atoms with Gasteiger partial charge < -0.3 is 14.3 Å². The number of aliphatic hydroxyl groups excluding tert-OH is 1. The highest BCUT2D eigenvalue weighted by molar-refractivity contribution is 6.31. The Labute approximate surface area is 169 Å². The average molecular weight is 400 g/mol. The fourth-order valence-electron chi connectivity index (χ4n) is 2.92. The summed E-state index contributed by atoms with van der Waals surface area (Å²) in [5.41, 5.74) is 1.42. The standard InChI is InChI=1S/C22H22ClNO4/c23-21-9-3-1-6-17(21)12-24(14-20-8-5-11-27-20)13-19(26)16-28-22-10-4-2-7-18(22)15-25/h1-11,15,19,26H,12-14,16H2. The number of benzene rings is 2. The van der Waals surface area contributed by atoms with Crippen molar-refractivity contribution in [2.24, 2.45) is 0 Å². The van der Waals surface area contributed by atoms with Gasteiger partial charge in [-0.15, -0.1) is 0 Å². The lowest BCUT2D eigenvalue weighted by Crippen LogP contribution is -2.35. The van der Waals surface area contributed by atoms with Gasteiger partial charge in [-0.1, -0.05) is 41.9 Å². The molecule has 0 radical (unpaired) electrons. The summed E-state index contributed by atoms with van der Waals surface area (Å²) in [6.07, 6.45) is 1.61. The van der Waals surface area contributed by atoms with Crippen LogP contribution in [0.4, 0.5) is 0 Å². The molecule has 0 bridgehead atoms. The first-order valence-electron chi connectivity index (χ1n) is 8.99. The van der Waals surface area contributed by atoms with Crippen LogP contribution in [0.2, 0.25) is 5.02 Å². The van der Waals surface area contributed by atoms with Crippen molar-refractivity contribution < 1.29 is 19.1 Å². The number of hydrogen-bond acceptors (Lipinski definition) is 5. The minimum absolute atomic E-state index is 0.0715. The first kappa shape index (κ1) is 20.1. The van der Waals surface area contributed by atoms with Crippen molar-refractivity contribution in [3.8, 4) is 5.75 Å². The van der Waals surface area contributed by atoms with Crippen molar-refractivity contribution in [3.63, 3.8) is 0 Å². The quantitative estimate of drug-likeness (QED) is 0.518. The number of carbonyl (C=O) groups excluding carboxylic acids is 1. The number of carbonyl (C=O) groups is 1. The number of halogens is 1. The third kappa shape index (κ3) is 5.70. The van der Waals surface area contributed by atoms with E-state index in [1.54, 1.807) is 30.5 Å². The van der Waals surface area contributed by atoms with Crippen LogP contribution in [-0.2, 0) is 13.1 Å². The van der Waals surface area contributed by atoms with Crippen LogP contribution in [-0.4, -0.2) is 35.5 Å². The number of rotatable bonds is 10. The Balaban J connectivity index is 1.64. The van der Waals surface area contributed by atoms with E-state index in [0.29, 0.717) is 36.0 Å². The van der Waals surface area contributed by atoms with Gasteiger partial charge in [-0.25, -0.2) is 0 Å². The summed E-state index contributed by atoms with van der Waals surface area (Å²) < 4.78 is 11.1. The molecule has 0 saturated carbocycles. The second-order valence-electron chi connectivity index (χ2n) is 6.46. The number of aldehydes is 1. The number of nitrogens with zero attached hydrogens (tertiary/aromatic N) is 1. The molecule has 1 atom stereocenters. The summed E-state index contributed by atoms with van der Waals surface area (Å²) in [7, 11) is 0. The molecule has 2 aromatic carbocycles. The molecular formula is C22H22ClNO4. The van der Waals surface area contributed by atoms with Crippen LogP contribution in [0.25, 0.3) is 0 Å². The Morgan fingerprint density at radius 1 is 1.07 bits per heavy atom. The summed E-state index contributed by atoms with van der Waals surface area (Å²) in [4.78, 5) is 13.1. The molecule has 0 saturated heterocycles. The normalized spacial score (nSPS) is 12.1. The van der Waals surface area contributed by atoms with Crippen LogP contribution in [0, 0.1) is 0 Å². The number of ether oxygens (including phenoxy) is 1. The molecule has 28 heavy (non-hydrogen) atoms. The molecule has 1 aromatic heterocycles. The number of hydrogen-bond donors (Lipinski definition) is 1. The Hall–Kier alpha value is -2.60. The predicted octanol–water partition coefficient (Wildman–Crippen LogP) is 4.19. The molecule has 1 heterocycles. The van der Waals surface area contributed by atoms with Gasteiger partial charge in [0.05, 0.1) is 18.4 Å². The van der Waals surface area contributed by atoms with E-state index in [-0.39, 0.29) is 6.61 Å². The number of furan rings is 1. The molecule has 0 aliphatic carbocycles. The van der Waals surface area contributed by atoms with Gasteiger partial charge >= 0.3 is 0 Å². The fraction of sp³-hybridized carbons (Fsp3) is 0.227. The van der Waals surface area contributed by atoms with Crippen LogP contribution in [0.15, 0.2) is 71.3 Å². The van der Waals surface area contributed by atoms with E-state index in [1.165, 1.54) is 0 Å². The molecular weight excluding hydrogens is 378 g/mol. The van der Waals surface area contributed by atoms with E-state index in [2.05, 4.69) is 0 Å². The lowest BCUT2D eigenvalue weighted by atomic mass is 10.2. The van der Waals surface area contributed by atoms with E-state index >= 15 is 0 Å². The molecule has 0 aliphatic heterocycles.